The summed E-state index contributed by atoms with van der Waals surface area (Å²) in [7, 11) is 0. The van der Waals surface area contributed by atoms with Crippen LogP contribution in [0, 0.1) is 11.6 Å². The van der Waals surface area contributed by atoms with Gasteiger partial charge in [-0.25, -0.2) is 14.2 Å². The fourth-order valence-corrected chi connectivity index (χ4v) is 3.01. The lowest BCUT2D eigenvalue weighted by Gasteiger charge is -2.23. The average Bonchev–Trinajstić information content (AvgIpc) is 2.87. The van der Waals surface area contributed by atoms with E-state index in [0.29, 0.717) is 5.02 Å². The van der Waals surface area contributed by atoms with Crippen molar-refractivity contribution in [3.63, 3.8) is 0 Å². The Balaban J connectivity index is 1.82. The Morgan fingerprint density at radius 1 is 1.12 bits per heavy atom. The second kappa shape index (κ2) is 6.84. The summed E-state index contributed by atoms with van der Waals surface area (Å²) >= 11 is 6.02. The fourth-order valence-electron chi connectivity index (χ4n) is 2.81. The van der Waals surface area contributed by atoms with Crippen LogP contribution in [0.4, 0.5) is 8.78 Å². The lowest BCUT2D eigenvalue weighted by molar-refractivity contribution is 0.0929. The Kier molecular flexibility index (Phi) is 4.80. The smallest absolute Gasteiger partial charge is 0.251 e. The van der Waals surface area contributed by atoms with Crippen LogP contribution < -0.4 is 16.2 Å². The van der Waals surface area contributed by atoms with Gasteiger partial charge in [-0.15, -0.1) is 0 Å². The van der Waals surface area contributed by atoms with Gasteiger partial charge in [0.1, 0.15) is 11.6 Å². The Labute approximate surface area is 143 Å². The van der Waals surface area contributed by atoms with Crippen LogP contribution in [0.15, 0.2) is 42.5 Å². The van der Waals surface area contributed by atoms with E-state index in [2.05, 4.69) is 16.2 Å². The number of benzene rings is 2. The van der Waals surface area contributed by atoms with Crippen molar-refractivity contribution in [2.75, 3.05) is 0 Å². The summed E-state index contributed by atoms with van der Waals surface area (Å²) in [5, 5.41) is 3.42. The van der Waals surface area contributed by atoms with E-state index in [1.54, 1.807) is 12.1 Å². The van der Waals surface area contributed by atoms with Crippen LogP contribution in [0.2, 0.25) is 5.02 Å². The van der Waals surface area contributed by atoms with E-state index in [-0.39, 0.29) is 23.7 Å². The molecule has 4 nitrogen and oxygen atoms in total. The van der Waals surface area contributed by atoms with Gasteiger partial charge in [0.2, 0.25) is 0 Å². The first kappa shape index (κ1) is 16.8. The largest absolute Gasteiger partial charge is 0.346 e. The van der Waals surface area contributed by atoms with Gasteiger partial charge in [-0.2, -0.15) is 0 Å². The van der Waals surface area contributed by atoms with Crippen LogP contribution in [0.5, 0.6) is 0 Å². The van der Waals surface area contributed by atoms with Crippen molar-refractivity contribution in [2.45, 2.75) is 25.0 Å². The quantitative estimate of drug-likeness (QED) is 0.797. The number of hydrogen-bond donors (Lipinski definition) is 3. The Hall–Kier alpha value is -2.02. The Bertz CT molecular complexity index is 751. The third kappa shape index (κ3) is 3.56. The van der Waals surface area contributed by atoms with Crippen LogP contribution >= 0.6 is 11.6 Å². The number of rotatable bonds is 3. The van der Waals surface area contributed by atoms with Crippen LogP contribution in [-0.4, -0.2) is 18.0 Å². The molecule has 1 saturated heterocycles. The molecule has 7 heteroatoms. The third-order valence-electron chi connectivity index (χ3n) is 3.99. The van der Waals surface area contributed by atoms with Gasteiger partial charge in [-0.05, 0) is 36.8 Å². The monoisotopic (exact) mass is 351 g/mol. The SMILES string of the molecule is CC1NNC(c2cccc(Cl)c2)C1NC(=O)c1cc(F)cc(F)c1. The van der Waals surface area contributed by atoms with Crippen molar-refractivity contribution < 1.29 is 13.6 Å². The van der Waals surface area contributed by atoms with Crippen molar-refractivity contribution >= 4 is 17.5 Å². The summed E-state index contributed by atoms with van der Waals surface area (Å²) in [5.74, 6) is -2.12. The number of hydrazine groups is 1. The molecule has 2 aromatic rings. The minimum absolute atomic E-state index is 0.0588. The third-order valence-corrected chi connectivity index (χ3v) is 4.23. The zero-order valence-corrected chi connectivity index (χ0v) is 13.6. The highest BCUT2D eigenvalue weighted by molar-refractivity contribution is 6.30. The first-order valence-electron chi connectivity index (χ1n) is 7.47. The van der Waals surface area contributed by atoms with E-state index < -0.39 is 17.5 Å². The van der Waals surface area contributed by atoms with Gasteiger partial charge < -0.3 is 5.32 Å². The minimum Gasteiger partial charge on any atom is -0.346 e. The summed E-state index contributed by atoms with van der Waals surface area (Å²) in [6.45, 7) is 1.90. The topological polar surface area (TPSA) is 53.2 Å². The average molecular weight is 352 g/mol. The lowest BCUT2D eigenvalue weighted by atomic mass is 9.97. The molecular formula is C17H16ClF2N3O. The molecule has 2 aromatic carbocycles. The molecule has 3 atom stereocenters. The van der Waals surface area contributed by atoms with Gasteiger partial charge >= 0.3 is 0 Å². The maximum atomic E-state index is 13.3. The van der Waals surface area contributed by atoms with Crippen LogP contribution in [0.1, 0.15) is 28.9 Å². The predicted molar refractivity (Wildman–Crippen MR) is 87.5 cm³/mol. The normalized spacial score (nSPS) is 23.2. The summed E-state index contributed by atoms with van der Waals surface area (Å²) in [6.07, 6.45) is 0. The number of nitrogens with one attached hydrogen (secondary N) is 3. The maximum Gasteiger partial charge on any atom is 0.251 e. The molecule has 1 amide bonds. The van der Waals surface area contributed by atoms with Gasteiger partial charge in [0, 0.05) is 22.7 Å². The number of carbonyl (C=O) groups is 1. The second-order valence-corrected chi connectivity index (χ2v) is 6.20. The van der Waals surface area contributed by atoms with Gasteiger partial charge in [0.15, 0.2) is 0 Å². The fraction of sp³-hybridized carbons (Fsp3) is 0.235. The van der Waals surface area contributed by atoms with Gasteiger partial charge in [0.25, 0.3) is 5.91 Å². The van der Waals surface area contributed by atoms with Gasteiger partial charge in [0.05, 0.1) is 12.1 Å². The second-order valence-electron chi connectivity index (χ2n) is 5.77. The molecule has 1 heterocycles. The first-order chi connectivity index (χ1) is 11.4. The zero-order chi connectivity index (χ0) is 17.3. The predicted octanol–water partition coefficient (Wildman–Crippen LogP) is 2.95. The molecule has 3 unspecified atom stereocenters. The zero-order valence-electron chi connectivity index (χ0n) is 12.8. The highest BCUT2D eigenvalue weighted by Gasteiger charge is 2.35. The van der Waals surface area contributed by atoms with Gasteiger partial charge in [-0.3, -0.25) is 10.2 Å². The van der Waals surface area contributed by atoms with Crippen molar-refractivity contribution in [1.29, 1.82) is 0 Å². The van der Waals surface area contributed by atoms with E-state index >= 15 is 0 Å². The molecule has 0 radical (unpaired) electrons. The molecule has 0 bridgehead atoms. The Morgan fingerprint density at radius 2 is 1.83 bits per heavy atom. The molecule has 0 aromatic heterocycles. The van der Waals surface area contributed by atoms with E-state index in [1.807, 2.05) is 19.1 Å². The van der Waals surface area contributed by atoms with Crippen LogP contribution in [0.25, 0.3) is 0 Å². The molecule has 3 N–H and O–H groups in total. The van der Waals surface area contributed by atoms with Crippen LogP contribution in [0.3, 0.4) is 0 Å². The highest BCUT2D eigenvalue weighted by atomic mass is 35.5. The minimum atomic E-state index is -0.790. The molecular weight excluding hydrogens is 336 g/mol. The van der Waals surface area contributed by atoms with E-state index in [0.717, 1.165) is 23.8 Å². The summed E-state index contributed by atoms with van der Waals surface area (Å²) in [6, 6.07) is 9.40. The van der Waals surface area contributed by atoms with Crippen molar-refractivity contribution in [3.8, 4) is 0 Å². The van der Waals surface area contributed by atoms with Crippen LogP contribution in [-0.2, 0) is 0 Å². The van der Waals surface area contributed by atoms with E-state index in [1.165, 1.54) is 0 Å². The highest BCUT2D eigenvalue weighted by Crippen LogP contribution is 2.25. The standard InChI is InChI=1S/C17H16ClF2N3O/c1-9-15(16(23-22-9)10-3-2-4-12(18)5-10)21-17(24)11-6-13(19)8-14(20)7-11/h2-9,15-16,22-23H,1H3,(H,21,24). The molecule has 24 heavy (non-hydrogen) atoms. The molecule has 126 valence electrons. The molecule has 0 spiro atoms. The van der Waals surface area contributed by atoms with E-state index in [9.17, 15) is 13.6 Å². The summed E-state index contributed by atoms with van der Waals surface area (Å²) in [5.41, 5.74) is 7.01. The van der Waals surface area contributed by atoms with E-state index in [4.69, 9.17) is 11.6 Å². The molecule has 1 fully saturated rings. The first-order valence-corrected chi connectivity index (χ1v) is 7.85. The van der Waals surface area contributed by atoms with Gasteiger partial charge in [-0.1, -0.05) is 23.7 Å². The number of amides is 1. The number of hydrogen-bond acceptors (Lipinski definition) is 3. The molecule has 0 aliphatic carbocycles. The lowest BCUT2D eigenvalue weighted by Crippen LogP contribution is -2.44. The molecule has 3 rings (SSSR count). The molecule has 1 aliphatic rings. The number of carbonyl (C=O) groups excluding carboxylic acids is 1. The Morgan fingerprint density at radius 3 is 2.50 bits per heavy atom. The molecule has 0 saturated carbocycles. The van der Waals surface area contributed by atoms with Crippen molar-refractivity contribution in [2.24, 2.45) is 0 Å². The summed E-state index contributed by atoms with van der Waals surface area (Å²) < 4.78 is 26.6. The molecule has 1 aliphatic heterocycles. The summed E-state index contributed by atoms with van der Waals surface area (Å²) in [4.78, 5) is 12.4. The van der Waals surface area contributed by atoms with Crippen molar-refractivity contribution in [3.05, 3.63) is 70.2 Å². The number of halogens is 3. The maximum absolute atomic E-state index is 13.3. The van der Waals surface area contributed by atoms with Crippen molar-refractivity contribution in [1.82, 2.24) is 16.2 Å².